The first-order valence-corrected chi connectivity index (χ1v) is 9.19. The number of carbonyl (C=O) groups excluding carboxylic acids is 1. The van der Waals surface area contributed by atoms with Gasteiger partial charge in [0.2, 0.25) is 0 Å². The van der Waals surface area contributed by atoms with E-state index in [0.717, 1.165) is 10.8 Å². The fourth-order valence-electron chi connectivity index (χ4n) is 4.04. The largest absolute Gasteiger partial charge is 0.493 e. The van der Waals surface area contributed by atoms with Gasteiger partial charge in [0.25, 0.3) is 11.5 Å². The SMILES string of the molecule is COc1ccc2c(c1OC)c(=O)n1c3ccc(OCC(N)=O)cc3c3ccnc2c31. The lowest BCUT2D eigenvalue weighted by Crippen LogP contribution is -2.20. The number of hydrogen-bond acceptors (Lipinski definition) is 6. The van der Waals surface area contributed by atoms with E-state index in [2.05, 4.69) is 4.98 Å². The van der Waals surface area contributed by atoms with Crippen LogP contribution in [-0.4, -0.2) is 36.1 Å². The maximum absolute atomic E-state index is 13.6. The predicted molar refractivity (Wildman–Crippen MR) is 113 cm³/mol. The minimum Gasteiger partial charge on any atom is -0.493 e. The Morgan fingerprint density at radius 3 is 2.63 bits per heavy atom. The number of methoxy groups -OCH3 is 2. The van der Waals surface area contributed by atoms with E-state index in [-0.39, 0.29) is 12.2 Å². The molecule has 0 atom stereocenters. The van der Waals surface area contributed by atoms with Crippen molar-refractivity contribution in [2.45, 2.75) is 0 Å². The van der Waals surface area contributed by atoms with Crippen LogP contribution in [0, 0.1) is 0 Å². The van der Waals surface area contributed by atoms with Crippen molar-refractivity contribution in [2.24, 2.45) is 5.73 Å². The summed E-state index contributed by atoms with van der Waals surface area (Å²) in [7, 11) is 3.03. The molecule has 3 aromatic heterocycles. The highest BCUT2D eigenvalue weighted by Gasteiger charge is 2.22. The fourth-order valence-corrected chi connectivity index (χ4v) is 4.04. The van der Waals surface area contributed by atoms with Gasteiger partial charge in [0, 0.05) is 22.4 Å². The molecule has 0 saturated heterocycles. The van der Waals surface area contributed by atoms with Crippen molar-refractivity contribution >= 4 is 44.0 Å². The molecule has 0 fully saturated rings. The summed E-state index contributed by atoms with van der Waals surface area (Å²) in [4.78, 5) is 29.2. The van der Waals surface area contributed by atoms with E-state index >= 15 is 0 Å². The van der Waals surface area contributed by atoms with Crippen molar-refractivity contribution in [2.75, 3.05) is 20.8 Å². The lowest BCUT2D eigenvalue weighted by molar-refractivity contribution is -0.119. The van der Waals surface area contributed by atoms with E-state index < -0.39 is 5.91 Å². The Hall–Kier alpha value is -4.07. The first kappa shape index (κ1) is 18.0. The number of pyridine rings is 2. The molecule has 0 spiro atoms. The summed E-state index contributed by atoms with van der Waals surface area (Å²) in [6.45, 7) is -0.224. The molecule has 3 heterocycles. The second kappa shape index (κ2) is 6.48. The van der Waals surface area contributed by atoms with E-state index in [1.807, 2.05) is 12.1 Å². The van der Waals surface area contributed by atoms with Crippen LogP contribution in [0.3, 0.4) is 0 Å². The number of hydrogen-bond donors (Lipinski definition) is 1. The van der Waals surface area contributed by atoms with Crippen LogP contribution in [-0.2, 0) is 4.79 Å². The second-order valence-corrected chi connectivity index (χ2v) is 6.85. The third kappa shape index (κ3) is 2.37. The van der Waals surface area contributed by atoms with E-state index in [1.54, 1.807) is 34.9 Å². The topological polar surface area (TPSA) is 105 Å². The van der Waals surface area contributed by atoms with Gasteiger partial charge in [0.15, 0.2) is 18.1 Å². The Balaban J connectivity index is 1.95. The Kier molecular flexibility index (Phi) is 3.89. The molecule has 0 aliphatic rings. The standard InChI is InChI=1S/C22H17N3O5/c1-28-16-6-4-13-18(21(16)29-2)22(27)25-15-5-3-11(30-10-17(23)26)9-14(15)12-7-8-24-19(13)20(12)25/h3-9H,10H2,1-2H3,(H2,23,26). The summed E-state index contributed by atoms with van der Waals surface area (Å²) < 4.78 is 18.0. The Morgan fingerprint density at radius 1 is 1.07 bits per heavy atom. The average molecular weight is 403 g/mol. The third-order valence-electron chi connectivity index (χ3n) is 5.25. The summed E-state index contributed by atoms with van der Waals surface area (Å²) in [5, 5.41) is 2.75. The highest BCUT2D eigenvalue weighted by atomic mass is 16.5. The predicted octanol–water partition coefficient (Wildman–Crippen LogP) is 2.47. The van der Waals surface area contributed by atoms with Crippen molar-refractivity contribution < 1.29 is 19.0 Å². The lowest BCUT2D eigenvalue weighted by Gasteiger charge is -2.12. The average Bonchev–Trinajstić information content (AvgIpc) is 3.09. The van der Waals surface area contributed by atoms with E-state index in [0.29, 0.717) is 44.6 Å². The summed E-state index contributed by atoms with van der Waals surface area (Å²) in [6, 6.07) is 10.7. The van der Waals surface area contributed by atoms with Crippen LogP contribution in [0.1, 0.15) is 0 Å². The highest BCUT2D eigenvalue weighted by molar-refractivity contribution is 6.19. The minimum atomic E-state index is -0.561. The molecule has 0 bridgehead atoms. The summed E-state index contributed by atoms with van der Waals surface area (Å²) in [5.74, 6) is 0.766. The number of carbonyl (C=O) groups is 1. The molecule has 0 saturated carbocycles. The number of ether oxygens (including phenoxy) is 3. The molecule has 8 heteroatoms. The molecule has 0 unspecified atom stereocenters. The van der Waals surface area contributed by atoms with Gasteiger partial charge in [-0.25, -0.2) is 0 Å². The van der Waals surface area contributed by atoms with Gasteiger partial charge in [-0.3, -0.25) is 19.0 Å². The Labute approximate surface area is 169 Å². The first-order valence-electron chi connectivity index (χ1n) is 9.19. The molecule has 2 aromatic carbocycles. The van der Waals surface area contributed by atoms with Crippen LogP contribution in [0.15, 0.2) is 47.4 Å². The van der Waals surface area contributed by atoms with Crippen LogP contribution in [0.25, 0.3) is 38.1 Å². The lowest BCUT2D eigenvalue weighted by atomic mass is 10.1. The zero-order chi connectivity index (χ0) is 21.0. The fraction of sp³-hybridized carbons (Fsp3) is 0.136. The highest BCUT2D eigenvalue weighted by Crippen LogP contribution is 2.39. The van der Waals surface area contributed by atoms with Gasteiger partial charge in [-0.2, -0.15) is 0 Å². The van der Waals surface area contributed by atoms with Gasteiger partial charge < -0.3 is 19.9 Å². The Morgan fingerprint density at radius 2 is 1.90 bits per heavy atom. The Bertz CT molecular complexity index is 1520. The van der Waals surface area contributed by atoms with E-state index in [9.17, 15) is 9.59 Å². The van der Waals surface area contributed by atoms with Crippen LogP contribution in [0.5, 0.6) is 17.2 Å². The molecule has 0 aliphatic heterocycles. The van der Waals surface area contributed by atoms with Crippen molar-refractivity contribution in [3.63, 3.8) is 0 Å². The van der Waals surface area contributed by atoms with Crippen molar-refractivity contribution in [1.82, 2.24) is 9.38 Å². The molecule has 8 nitrogen and oxygen atoms in total. The smallest absolute Gasteiger partial charge is 0.267 e. The van der Waals surface area contributed by atoms with Crippen molar-refractivity contribution in [1.29, 1.82) is 0 Å². The summed E-state index contributed by atoms with van der Waals surface area (Å²) in [6.07, 6.45) is 1.70. The zero-order valence-electron chi connectivity index (χ0n) is 16.3. The van der Waals surface area contributed by atoms with E-state index in [1.165, 1.54) is 14.2 Å². The van der Waals surface area contributed by atoms with Crippen LogP contribution >= 0.6 is 0 Å². The van der Waals surface area contributed by atoms with E-state index in [4.69, 9.17) is 19.9 Å². The van der Waals surface area contributed by atoms with Gasteiger partial charge in [0.1, 0.15) is 5.75 Å². The van der Waals surface area contributed by atoms with Gasteiger partial charge in [-0.15, -0.1) is 0 Å². The number of nitrogens with zero attached hydrogens (tertiary/aromatic N) is 2. The molecule has 150 valence electrons. The quantitative estimate of drug-likeness (QED) is 0.452. The van der Waals surface area contributed by atoms with Crippen LogP contribution < -0.4 is 25.5 Å². The van der Waals surface area contributed by atoms with Gasteiger partial charge in [-0.05, 0) is 36.4 Å². The first-order chi connectivity index (χ1) is 14.5. The summed E-state index contributed by atoms with van der Waals surface area (Å²) >= 11 is 0. The maximum Gasteiger partial charge on any atom is 0.267 e. The molecule has 30 heavy (non-hydrogen) atoms. The number of aromatic nitrogens is 2. The molecule has 2 N–H and O–H groups in total. The third-order valence-corrected chi connectivity index (χ3v) is 5.25. The number of benzene rings is 2. The van der Waals surface area contributed by atoms with Gasteiger partial charge in [0.05, 0.1) is 36.2 Å². The molecule has 5 rings (SSSR count). The monoisotopic (exact) mass is 403 g/mol. The number of rotatable bonds is 5. The van der Waals surface area contributed by atoms with Gasteiger partial charge >= 0.3 is 0 Å². The molecular formula is C22H17N3O5. The molecule has 5 aromatic rings. The zero-order valence-corrected chi connectivity index (χ0v) is 16.3. The van der Waals surface area contributed by atoms with Crippen molar-refractivity contribution in [3.05, 3.63) is 52.9 Å². The van der Waals surface area contributed by atoms with Crippen molar-refractivity contribution in [3.8, 4) is 17.2 Å². The second-order valence-electron chi connectivity index (χ2n) is 6.85. The molecule has 1 amide bonds. The normalized spacial score (nSPS) is 11.5. The molecule has 0 aliphatic carbocycles. The minimum absolute atomic E-state index is 0.224. The maximum atomic E-state index is 13.6. The summed E-state index contributed by atoms with van der Waals surface area (Å²) in [5.41, 5.74) is 7.03. The van der Waals surface area contributed by atoms with Gasteiger partial charge in [-0.1, -0.05) is 0 Å². The van der Waals surface area contributed by atoms with Crippen LogP contribution in [0.2, 0.25) is 0 Å². The number of primary amides is 1. The molecular weight excluding hydrogens is 386 g/mol. The number of fused-ring (bicyclic) bond motifs is 5. The number of amides is 1. The van der Waals surface area contributed by atoms with Crippen LogP contribution in [0.4, 0.5) is 0 Å². The number of nitrogens with two attached hydrogens (primary N) is 1. The molecule has 0 radical (unpaired) electrons.